The molecule has 0 spiro atoms. The normalized spacial score (nSPS) is 11.5. The summed E-state index contributed by atoms with van der Waals surface area (Å²) >= 11 is 0. The molecule has 0 amide bonds. The summed E-state index contributed by atoms with van der Waals surface area (Å²) in [5.74, 6) is 0.133. The molecule has 44 heavy (non-hydrogen) atoms. The number of Topliss-reactive ketones (excluding diaryl/α,β-unsaturated/α-hetero) is 2. The lowest BCUT2D eigenvalue weighted by Crippen LogP contribution is -1.98. The number of rotatable bonds is 8. The minimum Gasteiger partial charge on any atom is -0.295 e. The highest BCUT2D eigenvalue weighted by Crippen LogP contribution is 2.38. The van der Waals surface area contributed by atoms with Crippen LogP contribution in [0.5, 0.6) is 0 Å². The number of ketones is 2. The molecular weight excluding hydrogens is 536 g/mol. The van der Waals surface area contributed by atoms with Crippen molar-refractivity contribution in [1.29, 1.82) is 0 Å². The molecule has 6 aromatic carbocycles. The number of benzene rings is 6. The Hall–Kier alpha value is -5.60. The van der Waals surface area contributed by atoms with Gasteiger partial charge in [-0.1, -0.05) is 158 Å². The van der Waals surface area contributed by atoms with Crippen molar-refractivity contribution in [2.75, 3.05) is 0 Å². The van der Waals surface area contributed by atoms with Gasteiger partial charge in [0, 0.05) is 11.1 Å². The molecule has 0 atom stereocenters. The third-order valence-corrected chi connectivity index (χ3v) is 7.97. The van der Waals surface area contributed by atoms with Crippen LogP contribution in [0.15, 0.2) is 158 Å². The van der Waals surface area contributed by atoms with Gasteiger partial charge in [0.25, 0.3) is 0 Å². The molecule has 0 aromatic heterocycles. The average Bonchev–Trinajstić information content (AvgIpc) is 3.08. The smallest absolute Gasteiger partial charge is 0.159 e. The first-order chi connectivity index (χ1) is 21.5. The lowest BCUT2D eigenvalue weighted by Gasteiger charge is -2.19. The molecule has 0 fully saturated rings. The fourth-order valence-corrected chi connectivity index (χ4v) is 5.57. The Morgan fingerprint density at radius 3 is 0.773 bits per heavy atom. The molecule has 0 N–H and O–H groups in total. The second-order valence-electron chi connectivity index (χ2n) is 10.9. The van der Waals surface area contributed by atoms with Gasteiger partial charge in [0.15, 0.2) is 11.6 Å². The minimum atomic E-state index is 0.0666. The maximum atomic E-state index is 11.8. The van der Waals surface area contributed by atoms with Crippen LogP contribution < -0.4 is 0 Å². The molecular formula is C42H32O2. The fraction of sp³-hybridized carbons (Fsp3) is 0.0476. The summed E-state index contributed by atoms with van der Waals surface area (Å²) in [5, 5.41) is 0. The van der Waals surface area contributed by atoms with Crippen LogP contribution in [-0.4, -0.2) is 11.6 Å². The third-order valence-electron chi connectivity index (χ3n) is 7.97. The Bertz CT molecular complexity index is 1780. The molecule has 2 heteroatoms. The first kappa shape index (κ1) is 28.5. The molecule has 0 aliphatic heterocycles. The SMILES string of the molecule is CC(=O)c1ccc(-c2ccc(C(=C(c3ccccc3)c3ccc(-c4ccc(C(C)=O)cc4)cc3)c3ccccc3)cc2)cc1. The second kappa shape index (κ2) is 12.7. The van der Waals surface area contributed by atoms with Crippen molar-refractivity contribution in [3.63, 3.8) is 0 Å². The van der Waals surface area contributed by atoms with Crippen molar-refractivity contribution in [3.8, 4) is 22.3 Å². The highest BCUT2D eigenvalue weighted by Gasteiger charge is 2.17. The molecule has 0 aliphatic carbocycles. The van der Waals surface area contributed by atoms with Crippen molar-refractivity contribution in [1.82, 2.24) is 0 Å². The van der Waals surface area contributed by atoms with Gasteiger partial charge in [0.05, 0.1) is 0 Å². The van der Waals surface area contributed by atoms with Gasteiger partial charge in [-0.05, 0) is 69.5 Å². The molecule has 0 saturated carbocycles. The van der Waals surface area contributed by atoms with Gasteiger partial charge in [-0.15, -0.1) is 0 Å². The molecule has 0 unspecified atom stereocenters. The lowest BCUT2D eigenvalue weighted by atomic mass is 9.85. The van der Waals surface area contributed by atoms with Gasteiger partial charge in [-0.3, -0.25) is 9.59 Å². The molecule has 0 bridgehead atoms. The summed E-state index contributed by atoms with van der Waals surface area (Å²) in [5.41, 5.74) is 12.5. The summed E-state index contributed by atoms with van der Waals surface area (Å²) in [4.78, 5) is 23.5. The van der Waals surface area contributed by atoms with E-state index >= 15 is 0 Å². The monoisotopic (exact) mass is 568 g/mol. The van der Waals surface area contributed by atoms with Gasteiger partial charge in [-0.25, -0.2) is 0 Å². The predicted molar refractivity (Wildman–Crippen MR) is 182 cm³/mol. The van der Waals surface area contributed by atoms with Crippen molar-refractivity contribution < 1.29 is 9.59 Å². The molecule has 212 valence electrons. The molecule has 0 heterocycles. The summed E-state index contributed by atoms with van der Waals surface area (Å²) < 4.78 is 0. The lowest BCUT2D eigenvalue weighted by molar-refractivity contribution is 0.100. The topological polar surface area (TPSA) is 34.1 Å². The van der Waals surface area contributed by atoms with Crippen LogP contribution in [0.25, 0.3) is 33.4 Å². The molecule has 6 aromatic rings. The van der Waals surface area contributed by atoms with Crippen molar-refractivity contribution in [2.45, 2.75) is 13.8 Å². The van der Waals surface area contributed by atoms with Crippen LogP contribution in [0.1, 0.15) is 56.8 Å². The van der Waals surface area contributed by atoms with Crippen molar-refractivity contribution in [2.24, 2.45) is 0 Å². The van der Waals surface area contributed by atoms with Crippen molar-refractivity contribution in [3.05, 3.63) is 191 Å². The zero-order valence-corrected chi connectivity index (χ0v) is 24.8. The second-order valence-corrected chi connectivity index (χ2v) is 10.9. The van der Waals surface area contributed by atoms with Gasteiger partial charge >= 0.3 is 0 Å². The summed E-state index contributed by atoms with van der Waals surface area (Å²) in [6.45, 7) is 3.18. The van der Waals surface area contributed by atoms with E-state index in [9.17, 15) is 9.59 Å². The number of hydrogen-bond donors (Lipinski definition) is 0. The molecule has 6 rings (SSSR count). The maximum Gasteiger partial charge on any atom is 0.159 e. The Morgan fingerprint density at radius 1 is 0.295 bits per heavy atom. The highest BCUT2D eigenvalue weighted by atomic mass is 16.1. The van der Waals surface area contributed by atoms with Crippen LogP contribution >= 0.6 is 0 Å². The third kappa shape index (κ3) is 6.11. The quantitative estimate of drug-likeness (QED) is 0.135. The standard InChI is InChI=1S/C42H32O2/c1-29(43)31-13-17-33(18-14-31)35-21-25-39(26-22-35)41(37-9-5-3-6-10-37)42(38-11-7-4-8-12-38)40-27-23-36(24-28-40)34-19-15-32(16-20-34)30(2)44/h3-28H,1-2H3. The van der Waals surface area contributed by atoms with E-state index in [-0.39, 0.29) is 11.6 Å². The number of carbonyl (C=O) groups excluding carboxylic acids is 2. The van der Waals surface area contributed by atoms with Gasteiger partial charge < -0.3 is 0 Å². The summed E-state index contributed by atoms with van der Waals surface area (Å²) in [6, 6.07) is 54.0. The van der Waals surface area contributed by atoms with Gasteiger partial charge in [0.2, 0.25) is 0 Å². The van der Waals surface area contributed by atoms with E-state index in [0.717, 1.165) is 55.7 Å². The number of hydrogen-bond acceptors (Lipinski definition) is 2. The fourth-order valence-electron chi connectivity index (χ4n) is 5.57. The largest absolute Gasteiger partial charge is 0.295 e. The Balaban J connectivity index is 1.48. The van der Waals surface area contributed by atoms with Gasteiger partial charge in [-0.2, -0.15) is 0 Å². The zero-order valence-electron chi connectivity index (χ0n) is 24.8. The van der Waals surface area contributed by atoms with E-state index < -0.39 is 0 Å². The van der Waals surface area contributed by atoms with E-state index in [1.54, 1.807) is 13.8 Å². The first-order valence-electron chi connectivity index (χ1n) is 14.8. The molecule has 0 aliphatic rings. The van der Waals surface area contributed by atoms with Crippen molar-refractivity contribution >= 4 is 22.7 Å². The molecule has 0 radical (unpaired) electrons. The van der Waals surface area contributed by atoms with Gasteiger partial charge in [0.1, 0.15) is 0 Å². The first-order valence-corrected chi connectivity index (χ1v) is 14.8. The summed E-state index contributed by atoms with van der Waals surface area (Å²) in [6.07, 6.45) is 0. The van der Waals surface area contributed by atoms with Crippen LogP contribution in [0.2, 0.25) is 0 Å². The van der Waals surface area contributed by atoms with Crippen LogP contribution in [0.3, 0.4) is 0 Å². The Morgan fingerprint density at radius 2 is 0.523 bits per heavy atom. The minimum absolute atomic E-state index is 0.0666. The van der Waals surface area contributed by atoms with E-state index in [1.165, 1.54) is 0 Å². The van der Waals surface area contributed by atoms with E-state index in [0.29, 0.717) is 11.1 Å². The zero-order chi connectivity index (χ0) is 30.5. The summed E-state index contributed by atoms with van der Waals surface area (Å²) in [7, 11) is 0. The van der Waals surface area contributed by atoms with Crippen LogP contribution in [-0.2, 0) is 0 Å². The van der Waals surface area contributed by atoms with E-state index in [1.807, 2.05) is 60.7 Å². The highest BCUT2D eigenvalue weighted by molar-refractivity contribution is 6.05. The Labute approximate surface area is 259 Å². The average molecular weight is 569 g/mol. The molecule has 2 nitrogen and oxygen atoms in total. The van der Waals surface area contributed by atoms with Crippen LogP contribution in [0, 0.1) is 0 Å². The van der Waals surface area contributed by atoms with E-state index in [2.05, 4.69) is 97.1 Å². The van der Waals surface area contributed by atoms with E-state index in [4.69, 9.17) is 0 Å². The molecule has 0 saturated heterocycles. The van der Waals surface area contributed by atoms with Crippen LogP contribution in [0.4, 0.5) is 0 Å². The number of carbonyl (C=O) groups is 2. The maximum absolute atomic E-state index is 11.8. The predicted octanol–water partition coefficient (Wildman–Crippen LogP) is 10.4. The Kier molecular flexibility index (Phi) is 8.25.